The second kappa shape index (κ2) is 4.89. The fourth-order valence-corrected chi connectivity index (χ4v) is 1.81. The Morgan fingerprint density at radius 3 is 2.26 bits per heavy atom. The number of phenolic OH excluding ortho intramolecular Hbond substituents is 2. The van der Waals surface area contributed by atoms with E-state index in [0.717, 1.165) is 6.07 Å². The Morgan fingerprint density at radius 1 is 1.11 bits per heavy atom. The van der Waals surface area contributed by atoms with Crippen LogP contribution in [0.1, 0.15) is 10.4 Å². The molecular weight excluding hydrogens is 244 g/mol. The van der Waals surface area contributed by atoms with Crippen LogP contribution in [-0.4, -0.2) is 23.2 Å². The van der Waals surface area contributed by atoms with Crippen molar-refractivity contribution in [3.63, 3.8) is 0 Å². The average molecular weight is 258 g/mol. The van der Waals surface area contributed by atoms with Crippen LogP contribution >= 0.6 is 0 Å². The lowest BCUT2D eigenvalue weighted by atomic mass is 10.1. The lowest BCUT2D eigenvalue weighted by Gasteiger charge is -2.19. The molecule has 0 spiro atoms. The Balaban J connectivity index is 2.36. The maximum atomic E-state index is 12.2. The van der Waals surface area contributed by atoms with E-state index in [4.69, 9.17) is 5.73 Å². The number of nitrogens with zero attached hydrogens (tertiary/aromatic N) is 1. The second-order valence-electron chi connectivity index (χ2n) is 4.16. The van der Waals surface area contributed by atoms with Crippen LogP contribution in [-0.2, 0) is 0 Å². The van der Waals surface area contributed by atoms with Gasteiger partial charge in [0.25, 0.3) is 5.91 Å². The number of para-hydroxylation sites is 2. The predicted octanol–water partition coefficient (Wildman–Crippen LogP) is 1.96. The van der Waals surface area contributed by atoms with Gasteiger partial charge < -0.3 is 20.8 Å². The predicted molar refractivity (Wildman–Crippen MR) is 73.4 cm³/mol. The Hall–Kier alpha value is -2.69. The largest absolute Gasteiger partial charge is 0.508 e. The number of hydrogen-bond acceptors (Lipinski definition) is 4. The van der Waals surface area contributed by atoms with Crippen LogP contribution in [0.4, 0.5) is 11.4 Å². The number of benzene rings is 2. The normalized spacial score (nSPS) is 10.2. The van der Waals surface area contributed by atoms with Gasteiger partial charge in [0.2, 0.25) is 0 Å². The first-order valence-corrected chi connectivity index (χ1v) is 5.64. The van der Waals surface area contributed by atoms with Crippen molar-refractivity contribution in [2.45, 2.75) is 0 Å². The summed E-state index contributed by atoms with van der Waals surface area (Å²) in [5.41, 5.74) is 7.03. The molecule has 0 atom stereocenters. The highest BCUT2D eigenvalue weighted by Crippen LogP contribution is 2.25. The van der Waals surface area contributed by atoms with Crippen LogP contribution in [0.25, 0.3) is 0 Å². The number of aromatic hydroxyl groups is 2. The molecule has 0 unspecified atom stereocenters. The van der Waals surface area contributed by atoms with Gasteiger partial charge in [-0.3, -0.25) is 4.79 Å². The van der Waals surface area contributed by atoms with Crippen LogP contribution < -0.4 is 10.6 Å². The number of rotatable bonds is 2. The number of phenols is 2. The molecular formula is C14H14N2O3. The van der Waals surface area contributed by atoms with Gasteiger partial charge in [0.15, 0.2) is 0 Å². The van der Waals surface area contributed by atoms with Gasteiger partial charge in [0.1, 0.15) is 11.5 Å². The molecule has 19 heavy (non-hydrogen) atoms. The smallest absolute Gasteiger partial charge is 0.258 e. The maximum Gasteiger partial charge on any atom is 0.258 e. The van der Waals surface area contributed by atoms with Crippen LogP contribution in [0.5, 0.6) is 11.5 Å². The van der Waals surface area contributed by atoms with Crippen molar-refractivity contribution in [3.8, 4) is 11.5 Å². The van der Waals surface area contributed by atoms with Crippen molar-refractivity contribution in [1.29, 1.82) is 0 Å². The van der Waals surface area contributed by atoms with Crippen LogP contribution in [0.15, 0.2) is 42.5 Å². The second-order valence-corrected chi connectivity index (χ2v) is 4.16. The third kappa shape index (κ3) is 2.60. The molecule has 1 amide bonds. The molecule has 0 aliphatic carbocycles. The first kappa shape index (κ1) is 12.8. The highest BCUT2D eigenvalue weighted by atomic mass is 16.3. The summed E-state index contributed by atoms with van der Waals surface area (Å²) in [4.78, 5) is 13.6. The first-order valence-electron chi connectivity index (χ1n) is 5.64. The van der Waals surface area contributed by atoms with Gasteiger partial charge in [-0.05, 0) is 24.3 Å². The summed E-state index contributed by atoms with van der Waals surface area (Å²) < 4.78 is 0. The maximum absolute atomic E-state index is 12.2. The highest BCUT2D eigenvalue weighted by Gasteiger charge is 2.16. The molecule has 0 aromatic heterocycles. The standard InChI is InChI=1S/C14H14N2O3/c1-16(13-5-3-2-4-12(13)15)14(19)9-6-10(17)8-11(18)7-9/h2-8,17-18H,15H2,1H3. The minimum atomic E-state index is -0.371. The van der Waals surface area contributed by atoms with E-state index in [9.17, 15) is 15.0 Å². The van der Waals surface area contributed by atoms with Crippen molar-refractivity contribution in [3.05, 3.63) is 48.0 Å². The van der Waals surface area contributed by atoms with Gasteiger partial charge in [-0.1, -0.05) is 12.1 Å². The summed E-state index contributed by atoms with van der Waals surface area (Å²) in [6.07, 6.45) is 0. The third-order valence-electron chi connectivity index (χ3n) is 2.75. The van der Waals surface area contributed by atoms with E-state index < -0.39 is 0 Å². The zero-order chi connectivity index (χ0) is 14.0. The summed E-state index contributed by atoms with van der Waals surface area (Å²) in [5.74, 6) is -0.709. The number of carbonyl (C=O) groups is 1. The van der Waals surface area contributed by atoms with E-state index >= 15 is 0 Å². The average Bonchev–Trinajstić information content (AvgIpc) is 2.36. The van der Waals surface area contributed by atoms with Crippen molar-refractivity contribution < 1.29 is 15.0 Å². The SMILES string of the molecule is CN(C(=O)c1cc(O)cc(O)c1)c1ccccc1N. The highest BCUT2D eigenvalue weighted by molar-refractivity contribution is 6.07. The molecule has 2 aromatic rings. The van der Waals surface area contributed by atoms with Crippen molar-refractivity contribution in [1.82, 2.24) is 0 Å². The van der Waals surface area contributed by atoms with Crippen molar-refractivity contribution in [2.24, 2.45) is 0 Å². The van der Waals surface area contributed by atoms with Gasteiger partial charge in [-0.2, -0.15) is 0 Å². The molecule has 0 saturated heterocycles. The van der Waals surface area contributed by atoms with E-state index in [2.05, 4.69) is 0 Å². The molecule has 0 saturated carbocycles. The fourth-order valence-electron chi connectivity index (χ4n) is 1.81. The minimum absolute atomic E-state index is 0.169. The van der Waals surface area contributed by atoms with E-state index in [-0.39, 0.29) is 23.0 Å². The molecule has 4 N–H and O–H groups in total. The summed E-state index contributed by atoms with van der Waals surface area (Å²) in [6.45, 7) is 0. The quantitative estimate of drug-likeness (QED) is 0.718. The van der Waals surface area contributed by atoms with Crippen LogP contribution in [0, 0.1) is 0 Å². The van der Waals surface area contributed by atoms with Crippen LogP contribution in [0.3, 0.4) is 0 Å². The molecule has 0 bridgehead atoms. The number of hydrogen-bond donors (Lipinski definition) is 3. The third-order valence-corrected chi connectivity index (χ3v) is 2.75. The topological polar surface area (TPSA) is 86.8 Å². The number of nitrogens with two attached hydrogens (primary N) is 1. The lowest BCUT2D eigenvalue weighted by molar-refractivity contribution is 0.0992. The summed E-state index contributed by atoms with van der Waals surface area (Å²) >= 11 is 0. The van der Waals surface area contributed by atoms with Gasteiger partial charge in [0, 0.05) is 18.7 Å². The number of nitrogen functional groups attached to an aromatic ring is 1. The van der Waals surface area contributed by atoms with Crippen molar-refractivity contribution in [2.75, 3.05) is 17.7 Å². The van der Waals surface area contributed by atoms with Crippen molar-refractivity contribution >= 4 is 17.3 Å². The van der Waals surface area contributed by atoms with Gasteiger partial charge in [0.05, 0.1) is 11.4 Å². The summed E-state index contributed by atoms with van der Waals surface area (Å²) in [7, 11) is 1.58. The zero-order valence-electron chi connectivity index (χ0n) is 10.4. The van der Waals surface area contributed by atoms with Gasteiger partial charge in [-0.25, -0.2) is 0 Å². The Bertz CT molecular complexity index is 606. The molecule has 98 valence electrons. The number of amides is 1. The minimum Gasteiger partial charge on any atom is -0.508 e. The number of anilines is 2. The van der Waals surface area contributed by atoms with Gasteiger partial charge >= 0.3 is 0 Å². The molecule has 2 aromatic carbocycles. The molecule has 0 fully saturated rings. The summed E-state index contributed by atoms with van der Waals surface area (Å²) in [6, 6.07) is 10.7. The molecule has 0 aliphatic heterocycles. The Labute approximate surface area is 110 Å². The first-order chi connectivity index (χ1) is 8.99. The van der Waals surface area contributed by atoms with Crippen LogP contribution in [0.2, 0.25) is 0 Å². The van der Waals surface area contributed by atoms with Gasteiger partial charge in [-0.15, -0.1) is 0 Å². The monoisotopic (exact) mass is 258 g/mol. The molecule has 5 nitrogen and oxygen atoms in total. The fraction of sp³-hybridized carbons (Fsp3) is 0.0714. The van der Waals surface area contributed by atoms with E-state index in [1.54, 1.807) is 31.3 Å². The number of carbonyl (C=O) groups excluding carboxylic acids is 1. The zero-order valence-corrected chi connectivity index (χ0v) is 10.4. The molecule has 5 heteroatoms. The van der Waals surface area contributed by atoms with E-state index in [1.807, 2.05) is 0 Å². The lowest BCUT2D eigenvalue weighted by Crippen LogP contribution is -2.26. The van der Waals surface area contributed by atoms with E-state index in [0.29, 0.717) is 11.4 Å². The van der Waals surface area contributed by atoms with E-state index in [1.165, 1.54) is 17.0 Å². The summed E-state index contributed by atoms with van der Waals surface area (Å²) in [5, 5.41) is 18.8. The Morgan fingerprint density at radius 2 is 1.68 bits per heavy atom. The Kier molecular flexibility index (Phi) is 3.29. The molecule has 0 aliphatic rings. The molecule has 0 radical (unpaired) electrons. The molecule has 0 heterocycles. The molecule has 2 rings (SSSR count).